The molecule has 1 aromatic carbocycles. The summed E-state index contributed by atoms with van der Waals surface area (Å²) < 4.78 is 16.3. The number of hydrogen-bond donors (Lipinski definition) is 0. The van der Waals surface area contributed by atoms with Gasteiger partial charge in [0.25, 0.3) is 0 Å². The molecule has 0 aliphatic heterocycles. The molecule has 0 amide bonds. The number of aromatic nitrogens is 1. The normalized spacial score (nSPS) is 10.9. The molecule has 0 bridgehead atoms. The van der Waals surface area contributed by atoms with Crippen LogP contribution in [0.1, 0.15) is 57.4 Å². The lowest BCUT2D eigenvalue weighted by atomic mass is 9.97. The van der Waals surface area contributed by atoms with Crippen molar-refractivity contribution in [2.75, 3.05) is 13.2 Å². The van der Waals surface area contributed by atoms with Crippen LogP contribution in [0.5, 0.6) is 5.75 Å². The zero-order valence-corrected chi connectivity index (χ0v) is 19.9. The molecule has 3 rings (SSSR count). The minimum absolute atomic E-state index is 0.313. The van der Waals surface area contributed by atoms with Crippen molar-refractivity contribution in [3.05, 3.63) is 71.2 Å². The van der Waals surface area contributed by atoms with Crippen LogP contribution in [0.15, 0.2) is 64.5 Å². The van der Waals surface area contributed by atoms with Gasteiger partial charge in [-0.2, -0.15) is 0 Å². The lowest BCUT2D eigenvalue weighted by Crippen LogP contribution is -2.05. The van der Waals surface area contributed by atoms with Crippen molar-refractivity contribution in [1.82, 2.24) is 4.98 Å². The molecule has 0 saturated heterocycles. The van der Waals surface area contributed by atoms with Crippen molar-refractivity contribution in [3.63, 3.8) is 0 Å². The first-order valence-corrected chi connectivity index (χ1v) is 12.1. The second-order valence-electron chi connectivity index (χ2n) is 8.26. The second-order valence-corrected chi connectivity index (χ2v) is 8.26. The van der Waals surface area contributed by atoms with E-state index in [0.29, 0.717) is 30.2 Å². The average molecular weight is 464 g/mol. The zero-order chi connectivity index (χ0) is 24.2. The third kappa shape index (κ3) is 7.30. The van der Waals surface area contributed by atoms with Crippen LogP contribution >= 0.6 is 0 Å². The maximum absolute atomic E-state index is 12.6. The summed E-state index contributed by atoms with van der Waals surface area (Å²) in [5, 5.41) is 0.746. The molecular formula is C28H33NO5. The van der Waals surface area contributed by atoms with Gasteiger partial charge in [-0.15, -0.1) is 0 Å². The minimum atomic E-state index is -0.379. The summed E-state index contributed by atoms with van der Waals surface area (Å²) in [6.45, 7) is 6.56. The lowest BCUT2D eigenvalue weighted by molar-refractivity contribution is -0.137. The number of benzene rings is 1. The number of fused-ring (bicyclic) bond motifs is 1. The molecule has 0 spiro atoms. The monoisotopic (exact) mass is 463 g/mol. The second kappa shape index (κ2) is 13.3. The fourth-order valence-corrected chi connectivity index (χ4v) is 3.86. The van der Waals surface area contributed by atoms with E-state index in [1.807, 2.05) is 30.3 Å². The van der Waals surface area contributed by atoms with Gasteiger partial charge in [0, 0.05) is 11.5 Å². The molecule has 0 saturated carbocycles. The predicted molar refractivity (Wildman–Crippen MR) is 134 cm³/mol. The van der Waals surface area contributed by atoms with Gasteiger partial charge < -0.3 is 13.9 Å². The average Bonchev–Trinajstić information content (AvgIpc) is 2.85. The van der Waals surface area contributed by atoms with Crippen molar-refractivity contribution in [1.29, 1.82) is 0 Å². The maximum atomic E-state index is 12.6. The van der Waals surface area contributed by atoms with Gasteiger partial charge >= 0.3 is 11.6 Å². The van der Waals surface area contributed by atoms with Crippen LogP contribution in [0.2, 0.25) is 0 Å². The Morgan fingerprint density at radius 2 is 1.76 bits per heavy atom. The summed E-state index contributed by atoms with van der Waals surface area (Å²) >= 11 is 0. The third-order valence-electron chi connectivity index (χ3n) is 5.61. The fraction of sp³-hybridized carbons (Fsp3) is 0.393. The Morgan fingerprint density at radius 1 is 1.03 bits per heavy atom. The van der Waals surface area contributed by atoms with Gasteiger partial charge in [-0.05, 0) is 42.5 Å². The van der Waals surface area contributed by atoms with Crippen molar-refractivity contribution < 1.29 is 18.7 Å². The first kappa shape index (κ1) is 25.2. The molecule has 2 aromatic heterocycles. The Balaban J connectivity index is 1.51. The van der Waals surface area contributed by atoms with E-state index >= 15 is 0 Å². The van der Waals surface area contributed by atoms with E-state index in [1.54, 1.807) is 6.20 Å². The molecule has 0 radical (unpaired) electrons. The van der Waals surface area contributed by atoms with E-state index in [0.717, 1.165) is 67.9 Å². The van der Waals surface area contributed by atoms with Gasteiger partial charge in [-0.3, -0.25) is 0 Å². The number of pyridine rings is 1. The van der Waals surface area contributed by atoms with Gasteiger partial charge in [-0.1, -0.05) is 69.9 Å². The van der Waals surface area contributed by atoms with Gasteiger partial charge in [0.2, 0.25) is 5.71 Å². The van der Waals surface area contributed by atoms with Crippen molar-refractivity contribution in [2.24, 2.45) is 0 Å². The van der Waals surface area contributed by atoms with Crippen LogP contribution in [0.3, 0.4) is 0 Å². The predicted octanol–water partition coefficient (Wildman–Crippen LogP) is 6.26. The van der Waals surface area contributed by atoms with Gasteiger partial charge in [-0.25, -0.2) is 14.6 Å². The number of carbonyl (C=O) groups is 1. The Morgan fingerprint density at radius 3 is 2.53 bits per heavy atom. The van der Waals surface area contributed by atoms with Crippen LogP contribution in [0, 0.1) is 0 Å². The summed E-state index contributed by atoms with van der Waals surface area (Å²) in [7, 11) is 0. The quantitative estimate of drug-likeness (QED) is 0.160. The molecule has 0 aliphatic carbocycles. The Hall–Kier alpha value is -3.41. The highest BCUT2D eigenvalue weighted by molar-refractivity contribution is 5.81. The topological polar surface area (TPSA) is 78.6 Å². The summed E-state index contributed by atoms with van der Waals surface area (Å²) in [5.41, 5.74) is 2.53. The van der Waals surface area contributed by atoms with Crippen LogP contribution in [-0.4, -0.2) is 24.2 Å². The molecule has 34 heavy (non-hydrogen) atoms. The molecule has 0 fully saturated rings. The standard InChI is InChI=1S/C28H33NO5/c1-3-13-21-14-9-10-15-24(21)25-19-22-18-23(20-29-27(22)34-28(25)31)32-16-11-7-5-6-8-12-17-33-26(30)4-2/h4,9-10,14-15,18-20H,2-3,5-8,11-13,16-17H2,1H3. The number of nitrogens with zero attached hydrogens (tertiary/aromatic N) is 1. The summed E-state index contributed by atoms with van der Waals surface area (Å²) in [6.07, 6.45) is 10.8. The number of aryl methyl sites for hydroxylation is 1. The van der Waals surface area contributed by atoms with Crippen molar-refractivity contribution in [3.8, 4) is 16.9 Å². The molecule has 2 heterocycles. The van der Waals surface area contributed by atoms with Crippen LogP contribution in [0.4, 0.5) is 0 Å². The number of rotatable bonds is 14. The smallest absolute Gasteiger partial charge is 0.345 e. The maximum Gasteiger partial charge on any atom is 0.345 e. The van der Waals surface area contributed by atoms with Crippen LogP contribution in [-0.2, 0) is 16.0 Å². The fourth-order valence-electron chi connectivity index (χ4n) is 3.86. The highest BCUT2D eigenvalue weighted by atomic mass is 16.5. The Kier molecular flexibility index (Phi) is 9.89. The van der Waals surface area contributed by atoms with Gasteiger partial charge in [0.1, 0.15) is 5.75 Å². The molecule has 0 atom stereocenters. The summed E-state index contributed by atoms with van der Waals surface area (Å²) in [6, 6.07) is 11.7. The number of hydrogen-bond acceptors (Lipinski definition) is 6. The summed E-state index contributed by atoms with van der Waals surface area (Å²) in [4.78, 5) is 27.9. The summed E-state index contributed by atoms with van der Waals surface area (Å²) in [5.74, 6) is 0.304. The highest BCUT2D eigenvalue weighted by Crippen LogP contribution is 2.26. The molecule has 0 aliphatic rings. The third-order valence-corrected chi connectivity index (χ3v) is 5.61. The number of carbonyl (C=O) groups excluding carboxylic acids is 1. The highest BCUT2D eigenvalue weighted by Gasteiger charge is 2.12. The molecule has 0 N–H and O–H groups in total. The molecular weight excluding hydrogens is 430 g/mol. The van der Waals surface area contributed by atoms with Gasteiger partial charge in [0.15, 0.2) is 0 Å². The molecule has 180 valence electrons. The van der Waals surface area contributed by atoms with E-state index in [1.165, 1.54) is 6.08 Å². The lowest BCUT2D eigenvalue weighted by Gasteiger charge is -2.09. The van der Waals surface area contributed by atoms with Crippen molar-refractivity contribution >= 4 is 17.1 Å². The van der Waals surface area contributed by atoms with E-state index in [-0.39, 0.29) is 11.6 Å². The zero-order valence-electron chi connectivity index (χ0n) is 19.9. The molecule has 3 aromatic rings. The molecule has 6 heteroatoms. The first-order chi connectivity index (χ1) is 16.6. The van der Waals surface area contributed by atoms with E-state index < -0.39 is 0 Å². The van der Waals surface area contributed by atoms with Gasteiger partial charge in [0.05, 0.1) is 25.0 Å². The number of unbranched alkanes of at least 4 members (excludes halogenated alkanes) is 5. The van der Waals surface area contributed by atoms with Crippen LogP contribution < -0.4 is 10.4 Å². The minimum Gasteiger partial charge on any atom is -0.492 e. The van der Waals surface area contributed by atoms with Crippen LogP contribution in [0.25, 0.3) is 22.2 Å². The molecule has 6 nitrogen and oxygen atoms in total. The Labute approximate surface area is 200 Å². The Bertz CT molecular complexity index is 1150. The SMILES string of the molecule is C=CC(=O)OCCCCCCCCOc1cnc2oc(=O)c(-c3ccccc3CCC)cc2c1. The number of esters is 1. The largest absolute Gasteiger partial charge is 0.492 e. The van der Waals surface area contributed by atoms with Crippen molar-refractivity contribution in [2.45, 2.75) is 58.3 Å². The van der Waals surface area contributed by atoms with E-state index in [9.17, 15) is 9.59 Å². The number of ether oxygens (including phenoxy) is 2. The van der Waals surface area contributed by atoms with E-state index in [4.69, 9.17) is 13.9 Å². The van der Waals surface area contributed by atoms with E-state index in [2.05, 4.69) is 24.6 Å². The first-order valence-electron chi connectivity index (χ1n) is 12.1. The molecule has 0 unspecified atom stereocenters.